The summed E-state index contributed by atoms with van der Waals surface area (Å²) in [6.07, 6.45) is 2.41. The maximum absolute atomic E-state index is 13.8. The quantitative estimate of drug-likeness (QED) is 0.830. The van der Waals surface area contributed by atoms with Crippen LogP contribution in [0.5, 0.6) is 5.75 Å². The number of hydrogen-bond donors (Lipinski definition) is 1. The van der Waals surface area contributed by atoms with E-state index in [4.69, 9.17) is 4.74 Å². The number of carbonyl (C=O) groups is 1. The number of benzene rings is 1. The van der Waals surface area contributed by atoms with Gasteiger partial charge in [-0.1, -0.05) is 6.07 Å². The standard InChI is InChI=1S/C15H21FN2O2/c1-3-18(2)15(19)10-20-14-7-4-11(8-13(14)16)9-17-12-5-6-12/h4,7-8,12,17H,3,5-6,9-10H2,1-2H3. The van der Waals surface area contributed by atoms with E-state index in [1.807, 2.05) is 13.0 Å². The van der Waals surface area contributed by atoms with Gasteiger partial charge in [-0.15, -0.1) is 0 Å². The second-order valence-electron chi connectivity index (χ2n) is 5.12. The van der Waals surface area contributed by atoms with Crippen molar-refractivity contribution < 1.29 is 13.9 Å². The highest BCUT2D eigenvalue weighted by Crippen LogP contribution is 2.21. The summed E-state index contributed by atoms with van der Waals surface area (Å²) in [7, 11) is 1.69. The molecule has 5 heteroatoms. The molecule has 1 N–H and O–H groups in total. The second-order valence-corrected chi connectivity index (χ2v) is 5.12. The molecular formula is C15H21FN2O2. The lowest BCUT2D eigenvalue weighted by atomic mass is 10.2. The van der Waals surface area contributed by atoms with Gasteiger partial charge in [0, 0.05) is 26.2 Å². The smallest absolute Gasteiger partial charge is 0.260 e. The van der Waals surface area contributed by atoms with Gasteiger partial charge >= 0.3 is 0 Å². The number of likely N-dealkylation sites (N-methyl/N-ethyl adjacent to an activating group) is 1. The highest BCUT2D eigenvalue weighted by molar-refractivity contribution is 5.77. The minimum Gasteiger partial charge on any atom is -0.481 e. The monoisotopic (exact) mass is 280 g/mol. The molecule has 4 nitrogen and oxygen atoms in total. The molecule has 0 radical (unpaired) electrons. The summed E-state index contributed by atoms with van der Waals surface area (Å²) in [5.41, 5.74) is 0.888. The minimum atomic E-state index is -0.424. The van der Waals surface area contributed by atoms with Crippen LogP contribution >= 0.6 is 0 Å². The number of hydrogen-bond acceptors (Lipinski definition) is 3. The van der Waals surface area contributed by atoms with Gasteiger partial charge in [0.25, 0.3) is 5.91 Å². The Morgan fingerprint density at radius 3 is 2.85 bits per heavy atom. The first kappa shape index (κ1) is 14.8. The lowest BCUT2D eigenvalue weighted by Crippen LogP contribution is -2.31. The molecule has 0 spiro atoms. The Kier molecular flexibility index (Phi) is 4.95. The van der Waals surface area contributed by atoms with Crippen LogP contribution < -0.4 is 10.1 Å². The first-order valence-electron chi connectivity index (χ1n) is 6.98. The van der Waals surface area contributed by atoms with Crippen molar-refractivity contribution in [3.8, 4) is 5.75 Å². The van der Waals surface area contributed by atoms with Crippen LogP contribution in [0.4, 0.5) is 4.39 Å². The van der Waals surface area contributed by atoms with Crippen molar-refractivity contribution in [3.05, 3.63) is 29.6 Å². The van der Waals surface area contributed by atoms with Crippen LogP contribution in [-0.4, -0.2) is 37.0 Å². The fraction of sp³-hybridized carbons (Fsp3) is 0.533. The zero-order valence-electron chi connectivity index (χ0n) is 12.0. The van der Waals surface area contributed by atoms with Crippen LogP contribution in [0.25, 0.3) is 0 Å². The summed E-state index contributed by atoms with van der Waals surface area (Å²) in [4.78, 5) is 13.1. The first-order chi connectivity index (χ1) is 9.60. The summed E-state index contributed by atoms with van der Waals surface area (Å²) in [6, 6.07) is 5.45. The Morgan fingerprint density at radius 2 is 2.25 bits per heavy atom. The molecule has 0 unspecified atom stereocenters. The highest BCUT2D eigenvalue weighted by atomic mass is 19.1. The van der Waals surface area contributed by atoms with Crippen LogP contribution in [0.3, 0.4) is 0 Å². The number of amides is 1. The number of rotatable bonds is 7. The van der Waals surface area contributed by atoms with Crippen LogP contribution in [0, 0.1) is 5.82 Å². The van der Waals surface area contributed by atoms with Crippen molar-refractivity contribution in [1.29, 1.82) is 0 Å². The molecule has 1 aliphatic rings. The van der Waals surface area contributed by atoms with Gasteiger partial charge in [-0.3, -0.25) is 4.79 Å². The van der Waals surface area contributed by atoms with E-state index in [2.05, 4.69) is 5.32 Å². The van der Waals surface area contributed by atoms with Crippen LogP contribution in [0.15, 0.2) is 18.2 Å². The Labute approximate surface area is 118 Å². The Morgan fingerprint density at radius 1 is 1.50 bits per heavy atom. The molecule has 0 saturated heterocycles. The molecule has 20 heavy (non-hydrogen) atoms. The number of halogens is 1. The number of carbonyl (C=O) groups excluding carboxylic acids is 1. The zero-order chi connectivity index (χ0) is 14.5. The fourth-order valence-electron chi connectivity index (χ4n) is 1.75. The third-order valence-electron chi connectivity index (χ3n) is 3.42. The third kappa shape index (κ3) is 4.20. The molecule has 1 aliphatic carbocycles. The Hall–Kier alpha value is -1.62. The Balaban J connectivity index is 1.86. The molecule has 2 rings (SSSR count). The minimum absolute atomic E-state index is 0.123. The van der Waals surface area contributed by atoms with Gasteiger partial charge < -0.3 is 15.0 Å². The van der Waals surface area contributed by atoms with E-state index >= 15 is 0 Å². The van der Waals surface area contributed by atoms with Gasteiger partial charge in [-0.2, -0.15) is 0 Å². The van der Waals surface area contributed by atoms with Crippen LogP contribution in [-0.2, 0) is 11.3 Å². The first-order valence-corrected chi connectivity index (χ1v) is 6.98. The zero-order valence-corrected chi connectivity index (χ0v) is 12.0. The summed E-state index contributed by atoms with van der Waals surface area (Å²) >= 11 is 0. The van der Waals surface area contributed by atoms with Crippen molar-refractivity contribution in [2.75, 3.05) is 20.2 Å². The largest absolute Gasteiger partial charge is 0.481 e. The summed E-state index contributed by atoms with van der Waals surface area (Å²) in [6.45, 7) is 3.01. The van der Waals surface area contributed by atoms with Gasteiger partial charge in [0.15, 0.2) is 18.2 Å². The highest BCUT2D eigenvalue weighted by Gasteiger charge is 2.20. The number of ether oxygens (including phenoxy) is 1. The van der Waals surface area contributed by atoms with Gasteiger partial charge in [0.1, 0.15) is 0 Å². The molecule has 0 bridgehead atoms. The number of nitrogens with zero attached hydrogens (tertiary/aromatic N) is 1. The van der Waals surface area contributed by atoms with Gasteiger partial charge in [0.2, 0.25) is 0 Å². The lowest BCUT2D eigenvalue weighted by Gasteiger charge is -2.15. The van der Waals surface area contributed by atoms with E-state index < -0.39 is 5.82 Å². The third-order valence-corrected chi connectivity index (χ3v) is 3.42. The SMILES string of the molecule is CCN(C)C(=O)COc1ccc(CNC2CC2)cc1F. The van der Waals surface area contributed by atoms with Crippen molar-refractivity contribution in [2.24, 2.45) is 0 Å². The molecule has 1 aromatic carbocycles. The van der Waals surface area contributed by atoms with Gasteiger partial charge in [-0.05, 0) is 37.5 Å². The van der Waals surface area contributed by atoms with Gasteiger partial charge in [0.05, 0.1) is 0 Å². The van der Waals surface area contributed by atoms with Crippen LogP contribution in [0.2, 0.25) is 0 Å². The molecular weight excluding hydrogens is 259 g/mol. The second kappa shape index (κ2) is 6.70. The molecule has 1 fully saturated rings. The molecule has 1 amide bonds. The van der Waals surface area contributed by atoms with E-state index in [1.165, 1.54) is 23.8 Å². The maximum Gasteiger partial charge on any atom is 0.260 e. The van der Waals surface area contributed by atoms with E-state index in [0.29, 0.717) is 19.1 Å². The van der Waals surface area contributed by atoms with Gasteiger partial charge in [-0.25, -0.2) is 4.39 Å². The number of nitrogens with one attached hydrogen (secondary N) is 1. The van der Waals surface area contributed by atoms with E-state index in [-0.39, 0.29) is 18.3 Å². The molecule has 110 valence electrons. The van der Waals surface area contributed by atoms with Crippen molar-refractivity contribution >= 4 is 5.91 Å². The van der Waals surface area contributed by atoms with Crippen molar-refractivity contribution in [2.45, 2.75) is 32.4 Å². The predicted molar refractivity (Wildman–Crippen MR) is 75.1 cm³/mol. The van der Waals surface area contributed by atoms with Crippen molar-refractivity contribution in [1.82, 2.24) is 10.2 Å². The molecule has 0 atom stereocenters. The average Bonchev–Trinajstić information content (AvgIpc) is 3.27. The topological polar surface area (TPSA) is 41.6 Å². The van der Waals surface area contributed by atoms with Crippen LogP contribution in [0.1, 0.15) is 25.3 Å². The Bertz CT molecular complexity index is 475. The average molecular weight is 280 g/mol. The summed E-state index contributed by atoms with van der Waals surface area (Å²) in [5, 5.41) is 3.32. The van der Waals surface area contributed by atoms with Crippen molar-refractivity contribution in [3.63, 3.8) is 0 Å². The summed E-state index contributed by atoms with van der Waals surface area (Å²) in [5.74, 6) is -0.462. The fourth-order valence-corrected chi connectivity index (χ4v) is 1.75. The molecule has 0 aliphatic heterocycles. The molecule has 1 aromatic rings. The van der Waals surface area contributed by atoms with E-state index in [9.17, 15) is 9.18 Å². The normalized spacial score (nSPS) is 14.2. The lowest BCUT2D eigenvalue weighted by molar-refractivity contribution is -0.131. The predicted octanol–water partition coefficient (Wildman–Crippen LogP) is 1.93. The van der Waals surface area contributed by atoms with E-state index in [0.717, 1.165) is 5.56 Å². The summed E-state index contributed by atoms with van der Waals surface area (Å²) < 4.78 is 19.1. The molecule has 0 heterocycles. The molecule has 1 saturated carbocycles. The molecule has 0 aromatic heterocycles. The van der Waals surface area contributed by atoms with E-state index in [1.54, 1.807) is 13.1 Å². The maximum atomic E-state index is 13.8.